The molecule has 4 rings (SSSR count). The third-order valence-corrected chi connectivity index (χ3v) is 5.79. The number of likely N-dealkylation sites (tertiary alicyclic amines) is 2. The summed E-state index contributed by atoms with van der Waals surface area (Å²) in [6.07, 6.45) is 6.40. The van der Waals surface area contributed by atoms with E-state index in [4.69, 9.17) is 0 Å². The van der Waals surface area contributed by atoms with Crippen molar-refractivity contribution < 1.29 is 4.79 Å². The molecule has 1 aromatic carbocycles. The highest BCUT2D eigenvalue weighted by Gasteiger charge is 2.36. The van der Waals surface area contributed by atoms with Gasteiger partial charge < -0.3 is 4.90 Å². The first-order valence-electron chi connectivity index (χ1n) is 9.42. The van der Waals surface area contributed by atoms with E-state index < -0.39 is 0 Å². The number of piperidine rings is 1. The van der Waals surface area contributed by atoms with Crippen molar-refractivity contribution in [2.24, 2.45) is 0 Å². The van der Waals surface area contributed by atoms with Crippen LogP contribution >= 0.6 is 0 Å². The number of benzene rings is 1. The number of carbonyl (C=O) groups excluding carboxylic acids is 1. The molecule has 5 nitrogen and oxygen atoms in total. The number of hydrogen-bond donors (Lipinski definition) is 0. The smallest absolute Gasteiger partial charge is 0.274 e. The zero-order valence-corrected chi connectivity index (χ0v) is 15.1. The second-order valence-corrected chi connectivity index (χ2v) is 7.51. The molecule has 1 aromatic heterocycles. The Hall–Kier alpha value is -2.01. The lowest BCUT2D eigenvalue weighted by molar-refractivity contribution is 0.0482. The Labute approximate surface area is 149 Å². The molecule has 2 fully saturated rings. The predicted octanol–water partition coefficient (Wildman–Crippen LogP) is 3.11. The van der Waals surface area contributed by atoms with Crippen molar-refractivity contribution in [3.05, 3.63) is 36.2 Å². The minimum Gasteiger partial charge on any atom is -0.336 e. The van der Waals surface area contributed by atoms with Crippen molar-refractivity contribution in [3.63, 3.8) is 0 Å². The minimum absolute atomic E-state index is 0.0162. The van der Waals surface area contributed by atoms with Gasteiger partial charge >= 0.3 is 0 Å². The SMILES string of the molecule is CC1CCC(C)N1C1CCCN(C(=O)c2cnc3ccccc3n2)C1. The Kier molecular flexibility index (Phi) is 4.42. The van der Waals surface area contributed by atoms with E-state index in [2.05, 4.69) is 28.7 Å². The monoisotopic (exact) mass is 338 g/mol. The maximum Gasteiger partial charge on any atom is 0.274 e. The molecule has 3 unspecified atom stereocenters. The Bertz CT molecular complexity index is 767. The van der Waals surface area contributed by atoms with Crippen LogP contribution in [0.1, 0.15) is 50.0 Å². The fourth-order valence-corrected chi connectivity index (χ4v) is 4.54. The number of hydrogen-bond acceptors (Lipinski definition) is 4. The van der Waals surface area contributed by atoms with Gasteiger partial charge in [0, 0.05) is 31.2 Å². The van der Waals surface area contributed by atoms with E-state index >= 15 is 0 Å². The Morgan fingerprint density at radius 2 is 1.80 bits per heavy atom. The van der Waals surface area contributed by atoms with Gasteiger partial charge in [0.1, 0.15) is 5.69 Å². The van der Waals surface area contributed by atoms with Crippen LogP contribution in [0.15, 0.2) is 30.5 Å². The number of carbonyl (C=O) groups is 1. The molecule has 2 saturated heterocycles. The first kappa shape index (κ1) is 16.5. The molecular formula is C20H26N4O. The maximum atomic E-state index is 13.0. The van der Waals surface area contributed by atoms with Gasteiger partial charge in [-0.3, -0.25) is 14.7 Å². The van der Waals surface area contributed by atoms with Crippen LogP contribution < -0.4 is 0 Å². The van der Waals surface area contributed by atoms with Crippen molar-refractivity contribution in [1.82, 2.24) is 19.8 Å². The Balaban J connectivity index is 1.52. The number of rotatable bonds is 2. The molecule has 0 radical (unpaired) electrons. The van der Waals surface area contributed by atoms with Crippen molar-refractivity contribution in [3.8, 4) is 0 Å². The topological polar surface area (TPSA) is 49.3 Å². The lowest BCUT2D eigenvalue weighted by atomic mass is 10.0. The van der Waals surface area contributed by atoms with Gasteiger partial charge in [0.15, 0.2) is 0 Å². The second-order valence-electron chi connectivity index (χ2n) is 7.51. The number of nitrogens with zero attached hydrogens (tertiary/aromatic N) is 4. The highest BCUT2D eigenvalue weighted by molar-refractivity contribution is 5.93. The summed E-state index contributed by atoms with van der Waals surface area (Å²) in [5.74, 6) is 0.0162. The third kappa shape index (κ3) is 3.13. The molecule has 25 heavy (non-hydrogen) atoms. The van der Waals surface area contributed by atoms with Crippen LogP contribution in [0.25, 0.3) is 11.0 Å². The van der Waals surface area contributed by atoms with Gasteiger partial charge in [0.2, 0.25) is 0 Å². The zero-order chi connectivity index (χ0) is 17.4. The van der Waals surface area contributed by atoms with Crippen molar-refractivity contribution in [1.29, 1.82) is 0 Å². The van der Waals surface area contributed by atoms with Crippen LogP contribution in [-0.2, 0) is 0 Å². The van der Waals surface area contributed by atoms with E-state index in [-0.39, 0.29) is 5.91 Å². The molecule has 5 heteroatoms. The van der Waals surface area contributed by atoms with E-state index in [1.807, 2.05) is 29.2 Å². The summed E-state index contributed by atoms with van der Waals surface area (Å²) in [5, 5.41) is 0. The highest BCUT2D eigenvalue weighted by Crippen LogP contribution is 2.30. The summed E-state index contributed by atoms with van der Waals surface area (Å²) in [7, 11) is 0. The number of aromatic nitrogens is 2. The maximum absolute atomic E-state index is 13.0. The van der Waals surface area contributed by atoms with Gasteiger partial charge in [-0.1, -0.05) is 12.1 Å². The first-order valence-corrected chi connectivity index (χ1v) is 9.42. The summed E-state index contributed by atoms with van der Waals surface area (Å²) in [5.41, 5.74) is 2.07. The van der Waals surface area contributed by atoms with E-state index in [0.717, 1.165) is 30.5 Å². The normalized spacial score (nSPS) is 27.8. The molecule has 3 heterocycles. The largest absolute Gasteiger partial charge is 0.336 e. The number of fused-ring (bicyclic) bond motifs is 1. The summed E-state index contributed by atoms with van der Waals surface area (Å²) < 4.78 is 0. The molecule has 2 aliphatic heterocycles. The minimum atomic E-state index is 0.0162. The van der Waals surface area contributed by atoms with E-state index in [1.165, 1.54) is 19.3 Å². The summed E-state index contributed by atoms with van der Waals surface area (Å²) in [6, 6.07) is 9.41. The Morgan fingerprint density at radius 3 is 2.56 bits per heavy atom. The molecular weight excluding hydrogens is 312 g/mol. The summed E-state index contributed by atoms with van der Waals surface area (Å²) in [4.78, 5) is 26.5. The van der Waals surface area contributed by atoms with Gasteiger partial charge in [-0.25, -0.2) is 4.98 Å². The summed E-state index contributed by atoms with van der Waals surface area (Å²) >= 11 is 0. The Morgan fingerprint density at radius 1 is 1.08 bits per heavy atom. The van der Waals surface area contributed by atoms with Crippen LogP contribution in [0, 0.1) is 0 Å². The standard InChI is InChI=1S/C20H26N4O/c1-14-9-10-15(2)24(14)16-6-5-11-23(13-16)20(25)19-12-21-17-7-3-4-8-18(17)22-19/h3-4,7-8,12,14-16H,5-6,9-11,13H2,1-2H3. The fourth-order valence-electron chi connectivity index (χ4n) is 4.54. The molecule has 0 bridgehead atoms. The van der Waals surface area contributed by atoms with Crippen LogP contribution in [0.5, 0.6) is 0 Å². The number of para-hydroxylation sites is 2. The zero-order valence-electron chi connectivity index (χ0n) is 15.1. The lowest BCUT2D eigenvalue weighted by Crippen LogP contribution is -2.52. The molecule has 2 aromatic rings. The first-order chi connectivity index (χ1) is 12.1. The average Bonchev–Trinajstić information content (AvgIpc) is 2.99. The van der Waals surface area contributed by atoms with Gasteiger partial charge in [-0.2, -0.15) is 0 Å². The molecule has 1 amide bonds. The van der Waals surface area contributed by atoms with Gasteiger partial charge in [0.05, 0.1) is 17.2 Å². The molecule has 2 aliphatic rings. The summed E-state index contributed by atoms with van der Waals surface area (Å²) in [6.45, 7) is 6.26. The van der Waals surface area contributed by atoms with Crippen LogP contribution in [-0.4, -0.2) is 56.9 Å². The van der Waals surface area contributed by atoms with Crippen LogP contribution in [0.2, 0.25) is 0 Å². The van der Waals surface area contributed by atoms with Gasteiger partial charge in [-0.15, -0.1) is 0 Å². The molecule has 0 aliphatic carbocycles. The lowest BCUT2D eigenvalue weighted by Gasteiger charge is -2.41. The third-order valence-electron chi connectivity index (χ3n) is 5.79. The molecule has 0 saturated carbocycles. The molecule has 132 valence electrons. The van der Waals surface area contributed by atoms with Crippen molar-refractivity contribution in [2.45, 2.75) is 57.7 Å². The van der Waals surface area contributed by atoms with Crippen LogP contribution in [0.3, 0.4) is 0 Å². The van der Waals surface area contributed by atoms with Crippen LogP contribution in [0.4, 0.5) is 0 Å². The average molecular weight is 338 g/mol. The highest BCUT2D eigenvalue weighted by atomic mass is 16.2. The predicted molar refractivity (Wildman–Crippen MR) is 98.5 cm³/mol. The van der Waals surface area contributed by atoms with E-state index in [0.29, 0.717) is 23.8 Å². The fraction of sp³-hybridized carbons (Fsp3) is 0.550. The second kappa shape index (κ2) is 6.71. The van der Waals surface area contributed by atoms with Gasteiger partial charge in [-0.05, 0) is 51.7 Å². The number of amides is 1. The van der Waals surface area contributed by atoms with E-state index in [9.17, 15) is 4.79 Å². The molecule has 0 N–H and O–H groups in total. The molecule has 3 atom stereocenters. The van der Waals surface area contributed by atoms with E-state index in [1.54, 1.807) is 6.20 Å². The van der Waals surface area contributed by atoms with Crippen molar-refractivity contribution in [2.75, 3.05) is 13.1 Å². The molecule has 0 spiro atoms. The van der Waals surface area contributed by atoms with Gasteiger partial charge in [0.25, 0.3) is 5.91 Å². The van der Waals surface area contributed by atoms with Crippen molar-refractivity contribution >= 4 is 16.9 Å². The quantitative estimate of drug-likeness (QED) is 0.844.